The van der Waals surface area contributed by atoms with E-state index in [1.807, 2.05) is 0 Å². The molecule has 4 rings (SSSR count). The third-order valence-electron chi connectivity index (χ3n) is 5.56. The predicted octanol–water partition coefficient (Wildman–Crippen LogP) is 2.57. The average molecular weight is 348 g/mol. The molecule has 1 saturated carbocycles. The first-order valence-corrected chi connectivity index (χ1v) is 10.1. The van der Waals surface area contributed by atoms with Gasteiger partial charge in [0, 0.05) is 13.5 Å². The van der Waals surface area contributed by atoms with Crippen LogP contribution in [0.1, 0.15) is 59.3 Å². The zero-order chi connectivity index (χ0) is 16.9. The molecule has 2 bridgehead atoms. The SMILES string of the molecule is COC1O[C@]2(CS(=O)(=O)C(C)(C)C)CC[C@@H]3CCCC[C@]13OO2. The molecule has 7 heteroatoms. The first-order chi connectivity index (χ1) is 10.6. The Morgan fingerprint density at radius 1 is 1.13 bits per heavy atom. The number of sulfone groups is 1. The predicted molar refractivity (Wildman–Crippen MR) is 84.2 cm³/mol. The second-order valence-corrected chi connectivity index (χ2v) is 10.8. The van der Waals surface area contributed by atoms with Crippen molar-refractivity contribution in [2.75, 3.05) is 12.9 Å². The molecule has 1 unspecified atom stereocenters. The summed E-state index contributed by atoms with van der Waals surface area (Å²) in [5, 5.41) is 0. The van der Waals surface area contributed by atoms with Gasteiger partial charge in [0.1, 0.15) is 5.75 Å². The fraction of sp³-hybridized carbons (Fsp3) is 1.00. The molecule has 0 radical (unpaired) electrons. The number of ether oxygens (including phenoxy) is 2. The van der Waals surface area contributed by atoms with Crippen molar-refractivity contribution in [1.82, 2.24) is 0 Å². The van der Waals surface area contributed by atoms with E-state index in [1.165, 1.54) is 0 Å². The Labute approximate surface area is 138 Å². The normalized spacial score (nSPS) is 41.4. The molecule has 4 aliphatic rings. The molecule has 3 saturated heterocycles. The second-order valence-electron chi connectivity index (χ2n) is 8.07. The maximum Gasteiger partial charge on any atom is 0.218 e. The maximum atomic E-state index is 12.7. The van der Waals surface area contributed by atoms with Crippen LogP contribution in [0.2, 0.25) is 0 Å². The standard InChI is InChI=1S/C16H28O6S/c1-14(2,3)23(17,18)11-15-10-8-12-7-5-6-9-16(12,22-21-15)13(19-4)20-15/h12-13H,5-11H2,1-4H3/t12-,13?,15+,16+/m0/s1. The van der Waals surface area contributed by atoms with E-state index in [2.05, 4.69) is 0 Å². The Balaban J connectivity index is 1.91. The summed E-state index contributed by atoms with van der Waals surface area (Å²) in [5.41, 5.74) is -0.599. The lowest BCUT2D eigenvalue weighted by Crippen LogP contribution is -2.61. The molecular weight excluding hydrogens is 320 g/mol. The van der Waals surface area contributed by atoms with Crippen LogP contribution in [0.5, 0.6) is 0 Å². The molecule has 1 spiro atoms. The van der Waals surface area contributed by atoms with Gasteiger partial charge in [0.2, 0.25) is 5.79 Å². The molecule has 6 nitrogen and oxygen atoms in total. The van der Waals surface area contributed by atoms with Crippen molar-refractivity contribution in [3.8, 4) is 0 Å². The molecule has 4 fully saturated rings. The van der Waals surface area contributed by atoms with Gasteiger partial charge in [0.15, 0.2) is 21.7 Å². The van der Waals surface area contributed by atoms with Crippen molar-refractivity contribution in [3.05, 3.63) is 0 Å². The number of hydrogen-bond acceptors (Lipinski definition) is 6. The fourth-order valence-electron chi connectivity index (χ4n) is 3.93. The number of rotatable bonds is 3. The molecule has 23 heavy (non-hydrogen) atoms. The van der Waals surface area contributed by atoms with Crippen molar-refractivity contribution >= 4 is 9.84 Å². The smallest absolute Gasteiger partial charge is 0.218 e. The lowest BCUT2D eigenvalue weighted by atomic mass is 9.73. The van der Waals surface area contributed by atoms with E-state index < -0.39 is 32.3 Å². The highest BCUT2D eigenvalue weighted by Crippen LogP contribution is 2.52. The van der Waals surface area contributed by atoms with E-state index >= 15 is 0 Å². The molecule has 134 valence electrons. The van der Waals surface area contributed by atoms with Crippen LogP contribution in [0.4, 0.5) is 0 Å². The van der Waals surface area contributed by atoms with E-state index in [9.17, 15) is 8.42 Å². The molecule has 3 heterocycles. The van der Waals surface area contributed by atoms with Crippen LogP contribution in [0.15, 0.2) is 0 Å². The monoisotopic (exact) mass is 348 g/mol. The number of methoxy groups -OCH3 is 1. The van der Waals surface area contributed by atoms with Crippen LogP contribution in [0.25, 0.3) is 0 Å². The van der Waals surface area contributed by atoms with Gasteiger partial charge >= 0.3 is 0 Å². The van der Waals surface area contributed by atoms with E-state index in [4.69, 9.17) is 19.2 Å². The molecule has 0 aromatic carbocycles. The molecular formula is C16H28O6S. The number of fused-ring (bicyclic) bond motifs is 3. The highest BCUT2D eigenvalue weighted by molar-refractivity contribution is 7.92. The first-order valence-electron chi connectivity index (χ1n) is 8.44. The Bertz CT molecular complexity index is 549. The quantitative estimate of drug-likeness (QED) is 0.730. The summed E-state index contributed by atoms with van der Waals surface area (Å²) in [5.74, 6) is -1.20. The minimum atomic E-state index is -3.41. The lowest BCUT2D eigenvalue weighted by Gasteiger charge is -2.49. The van der Waals surface area contributed by atoms with Gasteiger partial charge in [-0.15, -0.1) is 0 Å². The van der Waals surface area contributed by atoms with Gasteiger partial charge in [0.25, 0.3) is 0 Å². The summed E-state index contributed by atoms with van der Waals surface area (Å²) >= 11 is 0. The number of hydrogen-bond donors (Lipinski definition) is 0. The van der Waals surface area contributed by atoms with Crippen LogP contribution >= 0.6 is 0 Å². The summed E-state index contributed by atoms with van der Waals surface area (Å²) in [6.07, 6.45) is 4.80. The van der Waals surface area contributed by atoms with Crippen molar-refractivity contribution in [1.29, 1.82) is 0 Å². The minimum absolute atomic E-state index is 0.216. The van der Waals surface area contributed by atoms with Crippen LogP contribution in [-0.4, -0.2) is 43.7 Å². The Kier molecular flexibility index (Phi) is 4.33. The summed E-state index contributed by atoms with van der Waals surface area (Å²) in [6, 6.07) is 0. The van der Waals surface area contributed by atoms with Crippen molar-refractivity contribution in [2.24, 2.45) is 5.92 Å². The summed E-state index contributed by atoms with van der Waals surface area (Å²) in [4.78, 5) is 11.5. The maximum absolute atomic E-state index is 12.7. The summed E-state index contributed by atoms with van der Waals surface area (Å²) in [7, 11) is -1.83. The molecule has 0 aromatic heterocycles. The van der Waals surface area contributed by atoms with Crippen LogP contribution in [0.3, 0.4) is 0 Å². The van der Waals surface area contributed by atoms with Crippen molar-refractivity contribution < 1.29 is 27.7 Å². The Hall–Kier alpha value is -0.210. The molecule has 0 N–H and O–H groups in total. The highest BCUT2D eigenvalue weighted by atomic mass is 32.2. The van der Waals surface area contributed by atoms with E-state index in [0.29, 0.717) is 6.42 Å². The van der Waals surface area contributed by atoms with Gasteiger partial charge in [-0.05, 0) is 46.0 Å². The molecule has 0 amide bonds. The van der Waals surface area contributed by atoms with Crippen molar-refractivity contribution in [2.45, 2.75) is 81.7 Å². The molecule has 4 atom stereocenters. The minimum Gasteiger partial charge on any atom is -0.353 e. The van der Waals surface area contributed by atoms with Crippen molar-refractivity contribution in [3.63, 3.8) is 0 Å². The highest BCUT2D eigenvalue weighted by Gasteiger charge is 2.62. The zero-order valence-electron chi connectivity index (χ0n) is 14.5. The Morgan fingerprint density at radius 3 is 2.52 bits per heavy atom. The molecule has 3 aliphatic heterocycles. The van der Waals surface area contributed by atoms with E-state index in [1.54, 1.807) is 27.9 Å². The first kappa shape index (κ1) is 17.6. The molecule has 0 aromatic rings. The van der Waals surface area contributed by atoms with Gasteiger partial charge in [-0.2, -0.15) is 4.89 Å². The van der Waals surface area contributed by atoms with Crippen LogP contribution in [0, 0.1) is 5.92 Å². The average Bonchev–Trinajstić information content (AvgIpc) is 2.70. The zero-order valence-corrected chi connectivity index (χ0v) is 15.3. The molecule has 1 aliphatic carbocycles. The largest absolute Gasteiger partial charge is 0.353 e. The van der Waals surface area contributed by atoms with Gasteiger partial charge in [-0.1, -0.05) is 12.8 Å². The fourth-order valence-corrected chi connectivity index (χ4v) is 5.21. The third kappa shape index (κ3) is 2.84. The van der Waals surface area contributed by atoms with Crippen LogP contribution < -0.4 is 0 Å². The topological polar surface area (TPSA) is 71.1 Å². The van der Waals surface area contributed by atoms with Gasteiger partial charge in [0.05, 0.1) is 4.75 Å². The third-order valence-corrected chi connectivity index (χ3v) is 8.25. The van der Waals surface area contributed by atoms with Gasteiger partial charge in [-0.3, -0.25) is 0 Å². The van der Waals surface area contributed by atoms with E-state index in [0.717, 1.165) is 32.1 Å². The van der Waals surface area contributed by atoms with E-state index in [-0.39, 0.29) is 11.7 Å². The van der Waals surface area contributed by atoms with Crippen LogP contribution in [-0.2, 0) is 29.1 Å². The Morgan fingerprint density at radius 2 is 1.87 bits per heavy atom. The summed E-state index contributed by atoms with van der Waals surface area (Å²) in [6.45, 7) is 5.07. The van der Waals surface area contributed by atoms with Gasteiger partial charge in [-0.25, -0.2) is 13.3 Å². The van der Waals surface area contributed by atoms with Gasteiger partial charge < -0.3 is 9.47 Å². The summed E-state index contributed by atoms with van der Waals surface area (Å²) < 4.78 is 36.1. The lowest BCUT2D eigenvalue weighted by molar-refractivity contribution is -0.546. The second kappa shape index (κ2) is 5.66.